The van der Waals surface area contributed by atoms with Gasteiger partial charge in [-0.3, -0.25) is 14.5 Å². The van der Waals surface area contributed by atoms with Crippen molar-refractivity contribution in [2.75, 3.05) is 0 Å². The number of likely N-dealkylation sites (tertiary alicyclic amines) is 1. The maximum Gasteiger partial charge on any atom is 0.258 e. The molecular formula is C10H12N2O2. The van der Waals surface area contributed by atoms with Gasteiger partial charge in [0.15, 0.2) is 0 Å². The van der Waals surface area contributed by atoms with Crippen LogP contribution >= 0.6 is 0 Å². The molecule has 2 amide bonds. The summed E-state index contributed by atoms with van der Waals surface area (Å²) in [4.78, 5) is 24.4. The fourth-order valence-electron chi connectivity index (χ4n) is 1.97. The fourth-order valence-corrected chi connectivity index (χ4v) is 1.97. The van der Waals surface area contributed by atoms with Gasteiger partial charge in [-0.1, -0.05) is 19.6 Å². The van der Waals surface area contributed by atoms with Crippen molar-refractivity contribution in [3.63, 3.8) is 0 Å². The number of rotatable bonds is 2. The molecule has 0 saturated heterocycles. The van der Waals surface area contributed by atoms with Crippen LogP contribution in [0.15, 0.2) is 23.8 Å². The van der Waals surface area contributed by atoms with Gasteiger partial charge in [-0.05, 0) is 12.3 Å². The molecule has 1 heterocycles. The van der Waals surface area contributed by atoms with E-state index >= 15 is 0 Å². The zero-order valence-corrected chi connectivity index (χ0v) is 7.99. The number of hydrogen-bond donors (Lipinski definition) is 1. The Kier molecular flexibility index (Phi) is 1.82. The molecule has 1 aliphatic carbocycles. The third-order valence-electron chi connectivity index (χ3n) is 2.79. The van der Waals surface area contributed by atoms with Crippen molar-refractivity contribution in [3.05, 3.63) is 23.8 Å². The third-order valence-corrected chi connectivity index (χ3v) is 2.79. The van der Waals surface area contributed by atoms with Crippen LogP contribution in [0.2, 0.25) is 0 Å². The van der Waals surface area contributed by atoms with Crippen LogP contribution in [-0.4, -0.2) is 22.9 Å². The Morgan fingerprint density at radius 3 is 2.64 bits per heavy atom. The largest absolute Gasteiger partial charge is 0.307 e. The van der Waals surface area contributed by atoms with Crippen LogP contribution in [-0.2, 0) is 9.59 Å². The van der Waals surface area contributed by atoms with Crippen LogP contribution in [0.3, 0.4) is 0 Å². The van der Waals surface area contributed by atoms with E-state index in [-0.39, 0.29) is 17.7 Å². The second-order valence-electron chi connectivity index (χ2n) is 3.70. The van der Waals surface area contributed by atoms with Gasteiger partial charge in [-0.15, -0.1) is 0 Å². The van der Waals surface area contributed by atoms with Gasteiger partial charge in [-0.2, -0.15) is 0 Å². The van der Waals surface area contributed by atoms with E-state index in [4.69, 9.17) is 5.73 Å². The van der Waals surface area contributed by atoms with Crippen molar-refractivity contribution in [2.45, 2.75) is 19.5 Å². The summed E-state index contributed by atoms with van der Waals surface area (Å²) < 4.78 is 0. The van der Waals surface area contributed by atoms with Crippen LogP contribution in [0, 0.1) is 5.92 Å². The van der Waals surface area contributed by atoms with Gasteiger partial charge in [0.1, 0.15) is 6.17 Å². The highest BCUT2D eigenvalue weighted by Crippen LogP contribution is 2.41. The lowest BCUT2D eigenvalue weighted by Gasteiger charge is -2.20. The molecule has 0 aromatic carbocycles. The van der Waals surface area contributed by atoms with Gasteiger partial charge < -0.3 is 5.73 Å². The zero-order valence-electron chi connectivity index (χ0n) is 7.99. The van der Waals surface area contributed by atoms with Crippen LogP contribution in [0.25, 0.3) is 0 Å². The van der Waals surface area contributed by atoms with E-state index in [1.54, 1.807) is 0 Å². The normalized spacial score (nSPS) is 27.6. The number of carbonyl (C=O) groups is 2. The summed E-state index contributed by atoms with van der Waals surface area (Å²) in [5, 5.41) is 0. The van der Waals surface area contributed by atoms with E-state index in [0.717, 1.165) is 4.90 Å². The van der Waals surface area contributed by atoms with Crippen molar-refractivity contribution >= 4 is 11.8 Å². The molecular weight excluding hydrogens is 180 g/mol. The maximum absolute atomic E-state index is 11.7. The first-order chi connectivity index (χ1) is 6.57. The van der Waals surface area contributed by atoms with Crippen LogP contribution in [0.4, 0.5) is 0 Å². The SMILES string of the molecule is C=CC(N)N1C(=O)C2=C(C1=O)C(C)C2. The summed E-state index contributed by atoms with van der Waals surface area (Å²) in [6.07, 6.45) is 1.39. The Hall–Kier alpha value is -1.42. The average Bonchev–Trinajstić information content (AvgIpc) is 2.32. The molecule has 14 heavy (non-hydrogen) atoms. The van der Waals surface area contributed by atoms with Crippen molar-refractivity contribution in [1.29, 1.82) is 0 Å². The van der Waals surface area contributed by atoms with Crippen molar-refractivity contribution in [2.24, 2.45) is 11.7 Å². The standard InChI is InChI=1S/C10H12N2O2/c1-3-7(11)12-9(13)6-4-5(2)8(6)10(12)14/h3,5,7H,1,4,11H2,2H3. The molecule has 0 bridgehead atoms. The summed E-state index contributed by atoms with van der Waals surface area (Å²) >= 11 is 0. The molecule has 2 N–H and O–H groups in total. The smallest absolute Gasteiger partial charge is 0.258 e. The summed E-state index contributed by atoms with van der Waals surface area (Å²) in [7, 11) is 0. The molecule has 2 unspecified atom stereocenters. The molecule has 0 aromatic rings. The predicted octanol–water partition coefficient (Wildman–Crippen LogP) is 0.162. The lowest BCUT2D eigenvalue weighted by molar-refractivity contribution is -0.138. The summed E-state index contributed by atoms with van der Waals surface area (Å²) in [6, 6.07) is 0. The van der Waals surface area contributed by atoms with Crippen molar-refractivity contribution < 1.29 is 9.59 Å². The molecule has 4 heteroatoms. The molecule has 2 rings (SSSR count). The molecule has 74 valence electrons. The second kappa shape index (κ2) is 2.78. The van der Waals surface area contributed by atoms with E-state index in [1.807, 2.05) is 6.92 Å². The number of carbonyl (C=O) groups excluding carboxylic acids is 2. The molecule has 0 spiro atoms. The highest BCUT2D eigenvalue weighted by Gasteiger charge is 2.47. The summed E-state index contributed by atoms with van der Waals surface area (Å²) in [5.41, 5.74) is 6.88. The molecule has 0 fully saturated rings. The van der Waals surface area contributed by atoms with E-state index < -0.39 is 6.17 Å². The second-order valence-corrected chi connectivity index (χ2v) is 3.70. The van der Waals surface area contributed by atoms with Gasteiger partial charge in [0.05, 0.1) is 0 Å². The molecule has 0 saturated carbocycles. The van der Waals surface area contributed by atoms with Gasteiger partial charge >= 0.3 is 0 Å². The number of nitrogens with zero attached hydrogens (tertiary/aromatic N) is 1. The van der Waals surface area contributed by atoms with Gasteiger partial charge in [0.25, 0.3) is 11.8 Å². The zero-order chi connectivity index (χ0) is 10.5. The monoisotopic (exact) mass is 192 g/mol. The van der Waals surface area contributed by atoms with Crippen molar-refractivity contribution in [3.8, 4) is 0 Å². The molecule has 0 radical (unpaired) electrons. The Morgan fingerprint density at radius 1 is 1.57 bits per heavy atom. The predicted molar refractivity (Wildman–Crippen MR) is 50.8 cm³/mol. The van der Waals surface area contributed by atoms with Gasteiger partial charge in [0, 0.05) is 11.1 Å². The number of amides is 2. The van der Waals surface area contributed by atoms with Gasteiger partial charge in [0.2, 0.25) is 0 Å². The Labute approximate surface area is 82.1 Å². The number of imide groups is 1. The van der Waals surface area contributed by atoms with Gasteiger partial charge in [-0.25, -0.2) is 0 Å². The molecule has 2 aliphatic rings. The van der Waals surface area contributed by atoms with Crippen LogP contribution in [0.1, 0.15) is 13.3 Å². The first kappa shape index (κ1) is 9.15. The van der Waals surface area contributed by atoms with E-state index in [9.17, 15) is 9.59 Å². The molecule has 0 aromatic heterocycles. The summed E-state index contributed by atoms with van der Waals surface area (Å²) in [6.45, 7) is 5.41. The van der Waals surface area contributed by atoms with Crippen molar-refractivity contribution in [1.82, 2.24) is 4.90 Å². The van der Waals surface area contributed by atoms with Crippen LogP contribution < -0.4 is 5.73 Å². The van der Waals surface area contributed by atoms with Crippen LogP contribution in [0.5, 0.6) is 0 Å². The van der Waals surface area contributed by atoms with E-state index in [1.165, 1.54) is 6.08 Å². The highest BCUT2D eigenvalue weighted by atomic mass is 16.2. The average molecular weight is 192 g/mol. The Morgan fingerprint density at radius 2 is 2.21 bits per heavy atom. The van der Waals surface area contributed by atoms with E-state index in [0.29, 0.717) is 17.6 Å². The lowest BCUT2D eigenvalue weighted by Crippen LogP contribution is -2.44. The number of hydrogen-bond acceptors (Lipinski definition) is 3. The third kappa shape index (κ3) is 0.915. The fraction of sp³-hybridized carbons (Fsp3) is 0.400. The Balaban J connectivity index is 2.33. The topological polar surface area (TPSA) is 63.4 Å². The number of nitrogens with two attached hydrogens (primary N) is 1. The first-order valence-electron chi connectivity index (χ1n) is 4.57. The van der Waals surface area contributed by atoms with E-state index in [2.05, 4.69) is 6.58 Å². The maximum atomic E-state index is 11.7. The quantitative estimate of drug-likeness (QED) is 0.501. The molecule has 1 aliphatic heterocycles. The minimum atomic E-state index is -0.701. The minimum Gasteiger partial charge on any atom is -0.307 e. The highest BCUT2D eigenvalue weighted by molar-refractivity contribution is 6.21. The molecule has 4 nitrogen and oxygen atoms in total. The first-order valence-corrected chi connectivity index (χ1v) is 4.57. The lowest BCUT2D eigenvalue weighted by atomic mass is 9.80. The Bertz CT molecular complexity index is 370. The summed E-state index contributed by atoms with van der Waals surface area (Å²) in [5.74, 6) is -0.282. The minimum absolute atomic E-state index is 0.198. The molecule has 2 atom stereocenters.